The number of ether oxygens (including phenoxy) is 2. The van der Waals surface area contributed by atoms with Crippen molar-refractivity contribution >= 4 is 6.21 Å². The molecule has 0 fully saturated rings. The van der Waals surface area contributed by atoms with Gasteiger partial charge in [0.25, 0.3) is 0 Å². The van der Waals surface area contributed by atoms with Gasteiger partial charge in [-0.05, 0) is 95.0 Å². The quantitative estimate of drug-likeness (QED) is 0.136. The van der Waals surface area contributed by atoms with Gasteiger partial charge in [0, 0.05) is 34.0 Å². The van der Waals surface area contributed by atoms with Crippen LogP contribution in [0.5, 0.6) is 17.2 Å². The summed E-state index contributed by atoms with van der Waals surface area (Å²) in [5.41, 5.74) is 2.73. The van der Waals surface area contributed by atoms with Crippen LogP contribution in [0.1, 0.15) is 168 Å². The topological polar surface area (TPSA) is 71.3 Å². The number of benzene rings is 3. The fraction of sp³-hybridized carbons (Fsp3) is 0.587. The van der Waals surface area contributed by atoms with Crippen molar-refractivity contribution in [1.82, 2.24) is 0 Å². The summed E-state index contributed by atoms with van der Waals surface area (Å²) in [5.74, 6) is 1.17. The first-order valence-electron chi connectivity index (χ1n) is 19.3. The molecular weight excluding hydrogens is 650 g/mol. The zero-order valence-electron chi connectivity index (χ0n) is 35.0. The molecule has 5 nitrogen and oxygen atoms in total. The van der Waals surface area contributed by atoms with E-state index in [0.29, 0.717) is 24.3 Å². The van der Waals surface area contributed by atoms with Crippen LogP contribution in [-0.4, -0.2) is 35.7 Å². The van der Waals surface area contributed by atoms with E-state index < -0.39 is 17.5 Å². The van der Waals surface area contributed by atoms with Crippen LogP contribution >= 0.6 is 0 Å². The van der Waals surface area contributed by atoms with Crippen LogP contribution in [0.2, 0.25) is 0 Å². The van der Waals surface area contributed by atoms with Crippen molar-refractivity contribution in [3.8, 4) is 17.2 Å². The Morgan fingerprint density at radius 2 is 1.02 bits per heavy atom. The van der Waals surface area contributed by atoms with Crippen LogP contribution in [0.15, 0.2) is 47.5 Å². The Balaban J connectivity index is 2.57. The monoisotopic (exact) mass is 718 g/mol. The number of phenolic OH excluding ortho intramolecular Hbond substituents is 1. The smallest absolute Gasteiger partial charge is 0.137 e. The highest BCUT2D eigenvalue weighted by Gasteiger charge is 2.43. The number of aliphatic hydroxyl groups is 1. The van der Waals surface area contributed by atoms with Gasteiger partial charge in [-0.25, -0.2) is 4.39 Å². The predicted molar refractivity (Wildman–Crippen MR) is 217 cm³/mol. The molecule has 6 heteroatoms. The molecule has 1 atom stereocenters. The highest BCUT2D eigenvalue weighted by Crippen LogP contribution is 2.48. The first kappa shape index (κ1) is 43.0. The molecule has 1 unspecified atom stereocenters. The first-order chi connectivity index (χ1) is 23.9. The van der Waals surface area contributed by atoms with Crippen LogP contribution in [0, 0.1) is 5.82 Å². The fourth-order valence-electron chi connectivity index (χ4n) is 6.45. The number of hydrogen-bond donors (Lipinski definition) is 2. The predicted octanol–water partition coefficient (Wildman–Crippen LogP) is 11.8. The molecule has 52 heavy (non-hydrogen) atoms. The third-order valence-electron chi connectivity index (χ3n) is 9.81. The summed E-state index contributed by atoms with van der Waals surface area (Å²) in [6, 6.07) is 11.4. The van der Waals surface area contributed by atoms with Crippen molar-refractivity contribution in [3.05, 3.63) is 87.2 Å². The van der Waals surface area contributed by atoms with Crippen molar-refractivity contribution in [2.24, 2.45) is 4.99 Å². The van der Waals surface area contributed by atoms with Gasteiger partial charge in [-0.15, -0.1) is 0 Å². The number of aliphatic imine (C=N–C) groups is 1. The Labute approximate surface area is 315 Å². The second-order valence-corrected chi connectivity index (χ2v) is 18.6. The number of halogens is 1. The van der Waals surface area contributed by atoms with Gasteiger partial charge in [0.2, 0.25) is 0 Å². The standard InChI is InChI=1S/C46H68FNO4/c1-16-18-22-51-40-35(42(4,5)6)25-32(26-36(40)43(7,8)9)46(50,30(3)48-29-31-24-34(47)20-21-39(31)49)33-27-37(44(10,11)12)41(52-23-19-17-2)38(28-33)45(13,14)15/h20-21,24-30,49-50H,16-19,22-23H2,1-15H3. The minimum absolute atomic E-state index is 0.0851. The Morgan fingerprint density at radius 1 is 0.654 bits per heavy atom. The van der Waals surface area contributed by atoms with Gasteiger partial charge in [0.15, 0.2) is 0 Å². The lowest BCUT2D eigenvalue weighted by Crippen LogP contribution is -2.40. The molecule has 0 amide bonds. The van der Waals surface area contributed by atoms with Crippen molar-refractivity contribution in [2.45, 2.75) is 163 Å². The van der Waals surface area contributed by atoms with Gasteiger partial charge in [0.05, 0.1) is 19.3 Å². The number of phenols is 1. The summed E-state index contributed by atoms with van der Waals surface area (Å²) in [5, 5.41) is 24.2. The Kier molecular flexibility index (Phi) is 13.5. The molecule has 3 rings (SSSR count). The Bertz CT molecular complexity index is 1540. The second kappa shape index (κ2) is 16.3. The van der Waals surface area contributed by atoms with Crippen molar-refractivity contribution in [3.63, 3.8) is 0 Å². The molecule has 3 aromatic carbocycles. The molecule has 0 aliphatic heterocycles. The van der Waals surface area contributed by atoms with E-state index in [0.717, 1.165) is 59.4 Å². The number of hydrogen-bond acceptors (Lipinski definition) is 5. The maximum atomic E-state index is 14.3. The first-order valence-corrected chi connectivity index (χ1v) is 19.3. The van der Waals surface area contributed by atoms with Crippen molar-refractivity contribution in [2.75, 3.05) is 13.2 Å². The third-order valence-corrected chi connectivity index (χ3v) is 9.81. The van der Waals surface area contributed by atoms with E-state index in [2.05, 4.69) is 121 Å². The van der Waals surface area contributed by atoms with Gasteiger partial charge < -0.3 is 19.7 Å². The van der Waals surface area contributed by atoms with Gasteiger partial charge in [-0.1, -0.05) is 110 Å². The molecule has 0 aliphatic rings. The molecule has 0 spiro atoms. The number of unbranched alkanes of at least 4 members (excludes halogenated alkanes) is 2. The van der Waals surface area contributed by atoms with Crippen molar-refractivity contribution in [1.29, 1.82) is 0 Å². The average Bonchev–Trinajstić information content (AvgIpc) is 3.02. The summed E-state index contributed by atoms with van der Waals surface area (Å²) in [4.78, 5) is 4.89. The third kappa shape index (κ3) is 9.98. The summed E-state index contributed by atoms with van der Waals surface area (Å²) >= 11 is 0. The molecule has 0 aromatic heterocycles. The molecule has 0 radical (unpaired) electrons. The van der Waals surface area contributed by atoms with Crippen LogP contribution in [0.3, 0.4) is 0 Å². The zero-order valence-corrected chi connectivity index (χ0v) is 35.0. The van der Waals surface area contributed by atoms with Crippen LogP contribution in [0.25, 0.3) is 0 Å². The molecule has 0 bridgehead atoms. The van der Waals surface area contributed by atoms with Gasteiger partial charge >= 0.3 is 0 Å². The van der Waals surface area contributed by atoms with E-state index in [4.69, 9.17) is 14.5 Å². The van der Waals surface area contributed by atoms with E-state index in [1.165, 1.54) is 24.4 Å². The van der Waals surface area contributed by atoms with Gasteiger partial charge in [0.1, 0.15) is 28.7 Å². The summed E-state index contributed by atoms with van der Waals surface area (Å²) < 4.78 is 27.6. The molecule has 3 aromatic rings. The molecule has 2 N–H and O–H groups in total. The molecule has 0 aliphatic carbocycles. The van der Waals surface area contributed by atoms with E-state index in [1.807, 2.05) is 6.92 Å². The summed E-state index contributed by atoms with van der Waals surface area (Å²) in [6.07, 6.45) is 5.39. The van der Waals surface area contributed by atoms with Crippen LogP contribution < -0.4 is 9.47 Å². The Hall–Kier alpha value is -3.38. The van der Waals surface area contributed by atoms with E-state index in [9.17, 15) is 14.6 Å². The second-order valence-electron chi connectivity index (χ2n) is 18.6. The molecule has 0 heterocycles. The lowest BCUT2D eigenvalue weighted by Gasteiger charge is -2.39. The SMILES string of the molecule is CCCCOc1c(C(C)(C)C)cc(C(O)(c2cc(C(C)(C)C)c(OCCCC)c(C(C)(C)C)c2)C(C)N=Cc2cc(F)ccc2O)cc1C(C)(C)C. The maximum Gasteiger partial charge on any atom is 0.137 e. The van der Waals surface area contributed by atoms with Gasteiger partial charge in [-0.2, -0.15) is 0 Å². The maximum absolute atomic E-state index is 14.3. The Morgan fingerprint density at radius 3 is 1.35 bits per heavy atom. The minimum Gasteiger partial charge on any atom is -0.507 e. The minimum atomic E-state index is -1.66. The zero-order chi connectivity index (χ0) is 39.4. The molecule has 0 saturated carbocycles. The fourth-order valence-corrected chi connectivity index (χ4v) is 6.45. The van der Waals surface area contributed by atoms with Crippen molar-refractivity contribution < 1.29 is 24.1 Å². The largest absolute Gasteiger partial charge is 0.507 e. The summed E-state index contributed by atoms with van der Waals surface area (Å²) in [7, 11) is 0. The van der Waals surface area contributed by atoms with E-state index in [-0.39, 0.29) is 33.0 Å². The number of nitrogens with zero attached hydrogens (tertiary/aromatic N) is 1. The number of aromatic hydroxyl groups is 1. The lowest BCUT2D eigenvalue weighted by molar-refractivity contribution is 0.0581. The molecular formula is C46H68FNO4. The highest BCUT2D eigenvalue weighted by atomic mass is 19.1. The van der Waals surface area contributed by atoms with E-state index >= 15 is 0 Å². The normalized spacial score (nSPS) is 13.9. The molecule has 288 valence electrons. The van der Waals surface area contributed by atoms with E-state index in [1.54, 1.807) is 0 Å². The van der Waals surface area contributed by atoms with Crippen LogP contribution in [-0.2, 0) is 27.3 Å². The average molecular weight is 718 g/mol. The van der Waals surface area contributed by atoms with Crippen LogP contribution in [0.4, 0.5) is 4.39 Å². The number of rotatable bonds is 13. The van der Waals surface area contributed by atoms with Gasteiger partial charge in [-0.3, -0.25) is 4.99 Å². The highest BCUT2D eigenvalue weighted by molar-refractivity contribution is 5.83. The summed E-state index contributed by atoms with van der Waals surface area (Å²) in [6.45, 7) is 33.5. The lowest BCUT2D eigenvalue weighted by atomic mass is 9.71. The molecule has 0 saturated heterocycles.